The maximum atomic E-state index is 5.35. The van der Waals surface area contributed by atoms with Crippen LogP contribution in [-0.4, -0.2) is 6.54 Å². The van der Waals surface area contributed by atoms with E-state index in [4.69, 9.17) is 5.73 Å². The maximum Gasteiger partial charge on any atom is 0.0103 e. The molecule has 0 aliphatic heterocycles. The zero-order valence-electron chi connectivity index (χ0n) is 4.65. The highest BCUT2D eigenvalue weighted by Gasteiger charge is 2.19. The van der Waals surface area contributed by atoms with E-state index in [9.17, 15) is 0 Å². The van der Waals surface area contributed by atoms with Crippen LogP contribution in [0.15, 0.2) is 11.6 Å². The normalized spacial score (nSPS) is 27.1. The minimum Gasteiger partial charge on any atom is -0.330 e. The van der Waals surface area contributed by atoms with Gasteiger partial charge in [0.25, 0.3) is 0 Å². The molecule has 0 radical (unpaired) electrons. The molecule has 0 bridgehead atoms. The SMILES string of the molecule is CCC1=CC1CN. The molecule has 1 heteroatoms. The lowest BCUT2D eigenvalue weighted by Gasteiger charge is -1.87. The number of hydrogen-bond acceptors (Lipinski definition) is 1. The molecule has 40 valence electrons. The molecule has 1 aliphatic rings. The summed E-state index contributed by atoms with van der Waals surface area (Å²) in [6.07, 6.45) is 3.43. The second-order valence-corrected chi connectivity index (χ2v) is 1.94. The van der Waals surface area contributed by atoms with E-state index in [1.807, 2.05) is 0 Å². The van der Waals surface area contributed by atoms with E-state index in [1.54, 1.807) is 5.57 Å². The molecular weight excluding hydrogens is 86.1 g/mol. The Hall–Kier alpha value is -0.300. The Morgan fingerprint density at radius 2 is 2.57 bits per heavy atom. The molecule has 1 unspecified atom stereocenters. The Morgan fingerprint density at radius 3 is 2.71 bits per heavy atom. The van der Waals surface area contributed by atoms with E-state index in [0.717, 1.165) is 6.54 Å². The standard InChI is InChI=1S/C6H11N/c1-2-5-3-6(5)4-7/h3,6H,2,4,7H2,1H3. The van der Waals surface area contributed by atoms with Crippen molar-refractivity contribution in [3.8, 4) is 0 Å². The number of nitrogens with two attached hydrogens (primary N) is 1. The molecule has 0 saturated heterocycles. The highest BCUT2D eigenvalue weighted by molar-refractivity contribution is 5.28. The molecule has 0 spiro atoms. The molecular formula is C6H11N. The molecule has 1 atom stereocenters. The average Bonchev–Trinajstić information content (AvgIpc) is 2.43. The van der Waals surface area contributed by atoms with Crippen LogP contribution in [0.25, 0.3) is 0 Å². The Bertz CT molecular complexity index is 94.4. The van der Waals surface area contributed by atoms with E-state index in [2.05, 4.69) is 13.0 Å². The lowest BCUT2D eigenvalue weighted by Crippen LogP contribution is -2.02. The smallest absolute Gasteiger partial charge is 0.0103 e. The Labute approximate surface area is 44.2 Å². The van der Waals surface area contributed by atoms with Crippen LogP contribution in [0.5, 0.6) is 0 Å². The second kappa shape index (κ2) is 1.66. The number of hydrogen-bond donors (Lipinski definition) is 1. The summed E-state index contributed by atoms with van der Waals surface area (Å²) in [4.78, 5) is 0. The zero-order chi connectivity index (χ0) is 5.28. The molecule has 1 rings (SSSR count). The van der Waals surface area contributed by atoms with Gasteiger partial charge in [0, 0.05) is 12.5 Å². The quantitative estimate of drug-likeness (QED) is 0.509. The average molecular weight is 97.2 g/mol. The van der Waals surface area contributed by atoms with Crippen LogP contribution in [0.1, 0.15) is 13.3 Å². The van der Waals surface area contributed by atoms with Gasteiger partial charge in [-0.2, -0.15) is 0 Å². The molecule has 0 heterocycles. The van der Waals surface area contributed by atoms with E-state index in [-0.39, 0.29) is 0 Å². The van der Waals surface area contributed by atoms with Crippen molar-refractivity contribution in [2.24, 2.45) is 11.7 Å². The predicted octanol–water partition coefficient (Wildman–Crippen LogP) is 0.911. The second-order valence-electron chi connectivity index (χ2n) is 1.94. The van der Waals surface area contributed by atoms with Gasteiger partial charge in [0.15, 0.2) is 0 Å². The van der Waals surface area contributed by atoms with Crippen LogP contribution < -0.4 is 5.73 Å². The van der Waals surface area contributed by atoms with Crippen molar-refractivity contribution in [1.82, 2.24) is 0 Å². The van der Waals surface area contributed by atoms with Gasteiger partial charge in [-0.1, -0.05) is 18.6 Å². The van der Waals surface area contributed by atoms with Crippen LogP contribution in [0.4, 0.5) is 0 Å². The highest BCUT2D eigenvalue weighted by atomic mass is 14.6. The van der Waals surface area contributed by atoms with Gasteiger partial charge in [-0.3, -0.25) is 0 Å². The van der Waals surface area contributed by atoms with Crippen LogP contribution in [0.2, 0.25) is 0 Å². The van der Waals surface area contributed by atoms with Gasteiger partial charge in [0.2, 0.25) is 0 Å². The minimum absolute atomic E-state index is 0.685. The fourth-order valence-corrected chi connectivity index (χ4v) is 0.810. The fraction of sp³-hybridized carbons (Fsp3) is 0.667. The summed E-state index contributed by atoms with van der Waals surface area (Å²) >= 11 is 0. The highest BCUT2D eigenvalue weighted by Crippen LogP contribution is 2.29. The van der Waals surface area contributed by atoms with Crippen molar-refractivity contribution in [2.45, 2.75) is 13.3 Å². The maximum absolute atomic E-state index is 5.35. The third kappa shape index (κ3) is 0.829. The summed E-state index contributed by atoms with van der Waals surface area (Å²) in [6.45, 7) is 2.99. The third-order valence-corrected chi connectivity index (χ3v) is 1.44. The van der Waals surface area contributed by atoms with Gasteiger partial charge >= 0.3 is 0 Å². The molecule has 0 fully saturated rings. The van der Waals surface area contributed by atoms with Crippen LogP contribution in [0.3, 0.4) is 0 Å². The van der Waals surface area contributed by atoms with Crippen LogP contribution >= 0.6 is 0 Å². The Kier molecular flexibility index (Phi) is 1.15. The minimum atomic E-state index is 0.685. The molecule has 0 amide bonds. The Morgan fingerprint density at radius 1 is 1.86 bits per heavy atom. The topological polar surface area (TPSA) is 26.0 Å². The molecule has 0 saturated carbocycles. The molecule has 0 aromatic carbocycles. The zero-order valence-corrected chi connectivity index (χ0v) is 4.65. The van der Waals surface area contributed by atoms with E-state index in [1.165, 1.54) is 6.42 Å². The molecule has 1 nitrogen and oxygen atoms in total. The third-order valence-electron chi connectivity index (χ3n) is 1.44. The van der Waals surface area contributed by atoms with Gasteiger partial charge in [0.1, 0.15) is 0 Å². The fourth-order valence-electron chi connectivity index (χ4n) is 0.810. The van der Waals surface area contributed by atoms with Crippen molar-refractivity contribution in [3.05, 3.63) is 11.6 Å². The van der Waals surface area contributed by atoms with Crippen LogP contribution in [0, 0.1) is 5.92 Å². The summed E-state index contributed by atoms with van der Waals surface area (Å²) in [7, 11) is 0. The molecule has 0 aromatic heterocycles. The van der Waals surface area contributed by atoms with Gasteiger partial charge in [0.05, 0.1) is 0 Å². The first-order chi connectivity index (χ1) is 3.38. The summed E-state index contributed by atoms with van der Waals surface area (Å²) in [5, 5.41) is 0. The molecule has 7 heavy (non-hydrogen) atoms. The van der Waals surface area contributed by atoms with Crippen molar-refractivity contribution in [3.63, 3.8) is 0 Å². The van der Waals surface area contributed by atoms with Gasteiger partial charge in [-0.05, 0) is 6.42 Å². The lowest BCUT2D eigenvalue weighted by molar-refractivity contribution is 0.857. The summed E-state index contributed by atoms with van der Waals surface area (Å²) in [5.41, 5.74) is 6.89. The van der Waals surface area contributed by atoms with E-state index in [0.29, 0.717) is 5.92 Å². The largest absolute Gasteiger partial charge is 0.330 e. The molecule has 2 N–H and O–H groups in total. The van der Waals surface area contributed by atoms with Gasteiger partial charge < -0.3 is 5.73 Å². The summed E-state index contributed by atoms with van der Waals surface area (Å²) < 4.78 is 0. The molecule has 1 aliphatic carbocycles. The van der Waals surface area contributed by atoms with Crippen molar-refractivity contribution in [1.29, 1.82) is 0 Å². The summed E-state index contributed by atoms with van der Waals surface area (Å²) in [6, 6.07) is 0. The summed E-state index contributed by atoms with van der Waals surface area (Å²) in [5.74, 6) is 0.685. The van der Waals surface area contributed by atoms with Crippen molar-refractivity contribution in [2.75, 3.05) is 6.54 Å². The first-order valence-corrected chi connectivity index (χ1v) is 2.79. The van der Waals surface area contributed by atoms with Crippen molar-refractivity contribution >= 4 is 0 Å². The van der Waals surface area contributed by atoms with Gasteiger partial charge in [-0.15, -0.1) is 0 Å². The van der Waals surface area contributed by atoms with Crippen molar-refractivity contribution < 1.29 is 0 Å². The number of rotatable bonds is 2. The predicted molar refractivity (Wildman–Crippen MR) is 30.9 cm³/mol. The van der Waals surface area contributed by atoms with E-state index >= 15 is 0 Å². The van der Waals surface area contributed by atoms with Gasteiger partial charge in [-0.25, -0.2) is 0 Å². The van der Waals surface area contributed by atoms with Crippen LogP contribution in [-0.2, 0) is 0 Å². The first-order valence-electron chi connectivity index (χ1n) is 2.79. The van der Waals surface area contributed by atoms with E-state index < -0.39 is 0 Å². The Balaban J connectivity index is 2.14. The first kappa shape index (κ1) is 4.85. The monoisotopic (exact) mass is 97.1 g/mol. The molecule has 0 aromatic rings. The lowest BCUT2D eigenvalue weighted by atomic mass is 10.2.